The second kappa shape index (κ2) is 5.79. The molecule has 0 bridgehead atoms. The summed E-state index contributed by atoms with van der Waals surface area (Å²) < 4.78 is 10.5. The van der Waals surface area contributed by atoms with Crippen LogP contribution in [-0.4, -0.2) is 17.8 Å². The minimum Gasteiger partial charge on any atom is -0.454 e. The first kappa shape index (κ1) is 14.0. The number of anilines is 1. The Morgan fingerprint density at radius 3 is 2.57 bits per heavy atom. The zero-order valence-corrected chi connectivity index (χ0v) is 12.1. The summed E-state index contributed by atoms with van der Waals surface area (Å²) in [5, 5.41) is 14.6. The Morgan fingerprint density at radius 1 is 1.24 bits per heavy atom. The Labute approximate surface area is 123 Å². The molecule has 1 atom stereocenters. The van der Waals surface area contributed by atoms with Gasteiger partial charge in [-0.15, -0.1) is 0 Å². The van der Waals surface area contributed by atoms with E-state index in [1.165, 1.54) is 38.2 Å². The van der Waals surface area contributed by atoms with Crippen molar-refractivity contribution in [3.63, 3.8) is 0 Å². The van der Waals surface area contributed by atoms with Crippen LogP contribution in [0.1, 0.15) is 39.0 Å². The van der Waals surface area contributed by atoms with Gasteiger partial charge in [0.05, 0.1) is 11.0 Å². The number of fused-ring (bicyclic) bond motifs is 1. The van der Waals surface area contributed by atoms with E-state index in [-0.39, 0.29) is 23.4 Å². The Kier molecular flexibility index (Phi) is 3.86. The van der Waals surface area contributed by atoms with Gasteiger partial charge in [-0.3, -0.25) is 10.1 Å². The highest BCUT2D eigenvalue weighted by molar-refractivity contribution is 5.69. The van der Waals surface area contributed by atoms with Crippen molar-refractivity contribution in [3.05, 3.63) is 22.2 Å². The normalized spacial score (nSPS) is 19.3. The van der Waals surface area contributed by atoms with Gasteiger partial charge >= 0.3 is 0 Å². The monoisotopic (exact) mass is 292 g/mol. The number of benzene rings is 1. The highest BCUT2D eigenvalue weighted by Gasteiger charge is 2.26. The van der Waals surface area contributed by atoms with E-state index in [4.69, 9.17) is 9.47 Å². The van der Waals surface area contributed by atoms with Gasteiger partial charge in [0.15, 0.2) is 11.5 Å². The van der Waals surface area contributed by atoms with E-state index in [1.807, 2.05) is 0 Å². The maximum Gasteiger partial charge on any atom is 0.296 e. The number of nitro benzene ring substituents is 1. The van der Waals surface area contributed by atoms with Crippen molar-refractivity contribution in [2.45, 2.75) is 45.1 Å². The molecule has 0 radical (unpaired) electrons. The molecule has 1 aliphatic heterocycles. The van der Waals surface area contributed by atoms with Crippen LogP contribution < -0.4 is 14.8 Å². The van der Waals surface area contributed by atoms with E-state index in [0.29, 0.717) is 23.1 Å². The number of nitro groups is 1. The average Bonchev–Trinajstić information content (AvgIpc) is 2.94. The average molecular weight is 292 g/mol. The highest BCUT2D eigenvalue weighted by atomic mass is 16.7. The van der Waals surface area contributed by atoms with Crippen molar-refractivity contribution in [1.29, 1.82) is 0 Å². The van der Waals surface area contributed by atoms with Crippen LogP contribution in [0.15, 0.2) is 12.1 Å². The van der Waals surface area contributed by atoms with E-state index in [2.05, 4.69) is 12.2 Å². The molecule has 21 heavy (non-hydrogen) atoms. The number of nitrogens with zero attached hydrogens (tertiary/aromatic N) is 1. The summed E-state index contributed by atoms with van der Waals surface area (Å²) in [7, 11) is 0. The van der Waals surface area contributed by atoms with Crippen molar-refractivity contribution in [2.24, 2.45) is 5.92 Å². The minimum absolute atomic E-state index is 0.0434. The molecule has 1 heterocycles. The van der Waals surface area contributed by atoms with Crippen LogP contribution in [0.4, 0.5) is 11.4 Å². The second-order valence-electron chi connectivity index (χ2n) is 5.81. The van der Waals surface area contributed by atoms with Gasteiger partial charge in [0.1, 0.15) is 5.69 Å². The Bertz CT molecular complexity index is 541. The van der Waals surface area contributed by atoms with Crippen LogP contribution in [0.5, 0.6) is 11.5 Å². The van der Waals surface area contributed by atoms with Gasteiger partial charge in [0.25, 0.3) is 5.69 Å². The number of rotatable bonds is 4. The number of ether oxygens (including phenoxy) is 2. The molecule has 114 valence electrons. The lowest BCUT2D eigenvalue weighted by atomic mass is 9.84. The fraction of sp³-hybridized carbons (Fsp3) is 0.600. The van der Waals surface area contributed by atoms with Crippen molar-refractivity contribution in [3.8, 4) is 11.5 Å². The topological polar surface area (TPSA) is 73.6 Å². The van der Waals surface area contributed by atoms with E-state index in [1.54, 1.807) is 6.07 Å². The minimum atomic E-state index is -0.377. The summed E-state index contributed by atoms with van der Waals surface area (Å²) in [6.45, 7) is 2.22. The van der Waals surface area contributed by atoms with Crippen molar-refractivity contribution in [2.75, 3.05) is 12.1 Å². The first-order chi connectivity index (χ1) is 10.1. The lowest BCUT2D eigenvalue weighted by molar-refractivity contribution is -0.384. The first-order valence-corrected chi connectivity index (χ1v) is 7.49. The molecule has 1 fully saturated rings. The third-order valence-corrected chi connectivity index (χ3v) is 4.43. The van der Waals surface area contributed by atoms with Gasteiger partial charge in [-0.2, -0.15) is 0 Å². The van der Waals surface area contributed by atoms with Gasteiger partial charge in [-0.1, -0.05) is 19.3 Å². The Hall–Kier alpha value is -1.98. The Balaban J connectivity index is 1.81. The molecule has 0 amide bonds. The van der Waals surface area contributed by atoms with Crippen LogP contribution in [0.25, 0.3) is 0 Å². The maximum atomic E-state index is 11.2. The molecule has 1 aromatic carbocycles. The molecule has 2 aliphatic rings. The summed E-state index contributed by atoms with van der Waals surface area (Å²) in [6, 6.07) is 3.34. The van der Waals surface area contributed by atoms with Crippen LogP contribution in [-0.2, 0) is 0 Å². The fourth-order valence-electron chi connectivity index (χ4n) is 3.20. The molecule has 1 unspecified atom stereocenters. The molecular formula is C15H20N2O4. The molecule has 0 aromatic heterocycles. The quantitative estimate of drug-likeness (QED) is 0.676. The second-order valence-corrected chi connectivity index (χ2v) is 5.81. The smallest absolute Gasteiger partial charge is 0.296 e. The van der Waals surface area contributed by atoms with Gasteiger partial charge in [-0.25, -0.2) is 0 Å². The molecule has 1 N–H and O–H groups in total. The molecule has 0 saturated heterocycles. The zero-order chi connectivity index (χ0) is 14.8. The summed E-state index contributed by atoms with van der Waals surface area (Å²) in [4.78, 5) is 10.9. The fourth-order valence-corrected chi connectivity index (χ4v) is 3.20. The lowest BCUT2D eigenvalue weighted by Crippen LogP contribution is -2.27. The molecule has 1 aliphatic carbocycles. The third-order valence-electron chi connectivity index (χ3n) is 4.43. The van der Waals surface area contributed by atoms with Crippen molar-refractivity contribution >= 4 is 11.4 Å². The van der Waals surface area contributed by atoms with Gasteiger partial charge in [-0.05, 0) is 25.7 Å². The van der Waals surface area contributed by atoms with Gasteiger partial charge < -0.3 is 14.8 Å². The molecule has 6 heteroatoms. The molecule has 6 nitrogen and oxygen atoms in total. The number of hydrogen-bond acceptors (Lipinski definition) is 5. The summed E-state index contributed by atoms with van der Waals surface area (Å²) in [5.74, 6) is 1.58. The standard InChI is InChI=1S/C15H20N2O4/c1-10(11-5-3-2-4-6-11)16-12-7-14-15(21-9-20-14)8-13(12)17(18)19/h7-8,10-11,16H,2-6,9H2,1H3. The van der Waals surface area contributed by atoms with Gasteiger partial charge in [0, 0.05) is 12.1 Å². The van der Waals surface area contributed by atoms with Crippen LogP contribution in [0.2, 0.25) is 0 Å². The van der Waals surface area contributed by atoms with Gasteiger partial charge in [0.2, 0.25) is 6.79 Å². The maximum absolute atomic E-state index is 11.2. The predicted molar refractivity (Wildman–Crippen MR) is 78.9 cm³/mol. The Morgan fingerprint density at radius 2 is 1.90 bits per heavy atom. The van der Waals surface area contributed by atoms with E-state index < -0.39 is 0 Å². The van der Waals surface area contributed by atoms with E-state index >= 15 is 0 Å². The first-order valence-electron chi connectivity index (χ1n) is 7.49. The molecule has 1 saturated carbocycles. The largest absolute Gasteiger partial charge is 0.454 e. The molecule has 0 spiro atoms. The molecule has 3 rings (SSSR count). The van der Waals surface area contributed by atoms with Crippen molar-refractivity contribution in [1.82, 2.24) is 0 Å². The summed E-state index contributed by atoms with van der Waals surface area (Å²) in [5.41, 5.74) is 0.559. The summed E-state index contributed by atoms with van der Waals surface area (Å²) >= 11 is 0. The molecular weight excluding hydrogens is 272 g/mol. The SMILES string of the molecule is CC(Nc1cc2c(cc1[N+](=O)[O-])OCO2)C1CCCCC1. The van der Waals surface area contributed by atoms with Crippen molar-refractivity contribution < 1.29 is 14.4 Å². The van der Waals surface area contributed by atoms with E-state index in [0.717, 1.165) is 0 Å². The van der Waals surface area contributed by atoms with Crippen LogP contribution in [0.3, 0.4) is 0 Å². The highest BCUT2D eigenvalue weighted by Crippen LogP contribution is 2.41. The number of nitrogens with one attached hydrogen (secondary N) is 1. The lowest BCUT2D eigenvalue weighted by Gasteiger charge is -2.28. The molecule has 1 aromatic rings. The predicted octanol–water partition coefficient (Wildman–Crippen LogP) is 3.70. The van der Waals surface area contributed by atoms with Crippen LogP contribution >= 0.6 is 0 Å². The zero-order valence-electron chi connectivity index (χ0n) is 12.1. The number of hydrogen-bond donors (Lipinski definition) is 1. The van der Waals surface area contributed by atoms with E-state index in [9.17, 15) is 10.1 Å². The summed E-state index contributed by atoms with van der Waals surface area (Å²) in [6.07, 6.45) is 6.17. The van der Waals surface area contributed by atoms with Crippen LogP contribution in [0, 0.1) is 16.0 Å². The third kappa shape index (κ3) is 2.89.